The van der Waals surface area contributed by atoms with Gasteiger partial charge in [0.2, 0.25) is 5.91 Å². The highest BCUT2D eigenvalue weighted by Crippen LogP contribution is 2.31. The van der Waals surface area contributed by atoms with Crippen molar-refractivity contribution in [3.05, 3.63) is 48.0 Å². The van der Waals surface area contributed by atoms with E-state index in [-0.39, 0.29) is 5.91 Å². The Morgan fingerprint density at radius 2 is 1.68 bits per heavy atom. The number of rotatable bonds is 9. The number of anilines is 1. The van der Waals surface area contributed by atoms with Crippen molar-refractivity contribution in [2.24, 2.45) is 0 Å². The summed E-state index contributed by atoms with van der Waals surface area (Å²) in [6, 6.07) is 13.9. The standard InChI is InChI=1S/C24H33N3O4/c1-5-31-21-11-7-6-10-20(21)27-15-13-26(14-16-27)18-23(28)25(2)17-19-9-8-12-22(29-3)24(19)30-4/h6-12H,5,13-18H2,1-4H3. The van der Waals surface area contributed by atoms with Crippen molar-refractivity contribution in [3.63, 3.8) is 0 Å². The molecule has 1 heterocycles. The summed E-state index contributed by atoms with van der Waals surface area (Å²) in [6.45, 7) is 6.93. The van der Waals surface area contributed by atoms with Crippen LogP contribution >= 0.6 is 0 Å². The van der Waals surface area contributed by atoms with Gasteiger partial charge in [0.15, 0.2) is 11.5 Å². The molecular weight excluding hydrogens is 394 g/mol. The van der Waals surface area contributed by atoms with Gasteiger partial charge in [-0.05, 0) is 25.1 Å². The van der Waals surface area contributed by atoms with Crippen molar-refractivity contribution in [3.8, 4) is 17.2 Å². The molecule has 2 aromatic rings. The minimum Gasteiger partial charge on any atom is -0.493 e. The summed E-state index contributed by atoms with van der Waals surface area (Å²) in [7, 11) is 5.06. The van der Waals surface area contributed by atoms with Gasteiger partial charge >= 0.3 is 0 Å². The molecule has 1 fully saturated rings. The van der Waals surface area contributed by atoms with Gasteiger partial charge in [0.25, 0.3) is 0 Å². The number of carbonyl (C=O) groups is 1. The van der Waals surface area contributed by atoms with Crippen LogP contribution in [0, 0.1) is 0 Å². The maximum absolute atomic E-state index is 12.8. The van der Waals surface area contributed by atoms with E-state index in [1.807, 2.05) is 50.4 Å². The summed E-state index contributed by atoms with van der Waals surface area (Å²) < 4.78 is 16.6. The zero-order valence-electron chi connectivity index (χ0n) is 19.0. The second kappa shape index (κ2) is 10.9. The molecule has 0 spiro atoms. The summed E-state index contributed by atoms with van der Waals surface area (Å²) in [5, 5.41) is 0. The molecule has 0 aromatic heterocycles. The number of ether oxygens (including phenoxy) is 3. The van der Waals surface area contributed by atoms with E-state index in [4.69, 9.17) is 14.2 Å². The molecule has 1 amide bonds. The van der Waals surface area contributed by atoms with Gasteiger partial charge in [-0.25, -0.2) is 0 Å². The maximum Gasteiger partial charge on any atom is 0.236 e. The van der Waals surface area contributed by atoms with E-state index in [0.29, 0.717) is 31.2 Å². The Morgan fingerprint density at radius 1 is 0.968 bits per heavy atom. The first-order chi connectivity index (χ1) is 15.1. The molecule has 1 saturated heterocycles. The molecule has 3 rings (SSSR count). The summed E-state index contributed by atoms with van der Waals surface area (Å²) in [4.78, 5) is 19.1. The minimum absolute atomic E-state index is 0.0908. The molecule has 168 valence electrons. The summed E-state index contributed by atoms with van der Waals surface area (Å²) in [6.07, 6.45) is 0. The number of piperazine rings is 1. The molecule has 0 radical (unpaired) electrons. The van der Waals surface area contributed by atoms with Gasteiger partial charge in [-0.2, -0.15) is 0 Å². The number of hydrogen-bond acceptors (Lipinski definition) is 6. The third-order valence-corrected chi connectivity index (χ3v) is 5.55. The third kappa shape index (κ3) is 5.61. The number of hydrogen-bond donors (Lipinski definition) is 0. The van der Waals surface area contributed by atoms with Gasteiger partial charge in [-0.1, -0.05) is 24.3 Å². The monoisotopic (exact) mass is 427 g/mol. The Kier molecular flexibility index (Phi) is 8.00. The van der Waals surface area contributed by atoms with E-state index in [9.17, 15) is 4.79 Å². The minimum atomic E-state index is 0.0908. The molecule has 0 atom stereocenters. The van der Waals surface area contributed by atoms with Crippen molar-refractivity contribution >= 4 is 11.6 Å². The molecule has 1 aliphatic rings. The Balaban J connectivity index is 1.54. The van der Waals surface area contributed by atoms with Crippen molar-refractivity contribution in [1.82, 2.24) is 9.80 Å². The van der Waals surface area contributed by atoms with Crippen LogP contribution in [0.1, 0.15) is 12.5 Å². The number of benzene rings is 2. The van der Waals surface area contributed by atoms with Crippen LogP contribution in [0.3, 0.4) is 0 Å². The molecule has 0 bridgehead atoms. The highest BCUT2D eigenvalue weighted by Gasteiger charge is 2.23. The molecule has 1 aliphatic heterocycles. The topological polar surface area (TPSA) is 54.5 Å². The number of likely N-dealkylation sites (N-methyl/N-ethyl adjacent to an activating group) is 1. The maximum atomic E-state index is 12.8. The fraction of sp³-hybridized carbons (Fsp3) is 0.458. The van der Waals surface area contributed by atoms with Crippen LogP contribution in [-0.2, 0) is 11.3 Å². The second-order valence-corrected chi connectivity index (χ2v) is 7.57. The number of amides is 1. The Bertz CT molecular complexity index is 866. The smallest absolute Gasteiger partial charge is 0.236 e. The zero-order valence-corrected chi connectivity index (χ0v) is 19.0. The van der Waals surface area contributed by atoms with Crippen molar-refractivity contribution < 1.29 is 19.0 Å². The molecule has 0 N–H and O–H groups in total. The van der Waals surface area contributed by atoms with Crippen LogP contribution in [0.2, 0.25) is 0 Å². The van der Waals surface area contributed by atoms with E-state index in [1.165, 1.54) is 0 Å². The fourth-order valence-corrected chi connectivity index (χ4v) is 3.88. The van der Waals surface area contributed by atoms with Crippen molar-refractivity contribution in [2.75, 3.05) is 65.5 Å². The van der Waals surface area contributed by atoms with E-state index < -0.39 is 0 Å². The Morgan fingerprint density at radius 3 is 2.35 bits per heavy atom. The second-order valence-electron chi connectivity index (χ2n) is 7.57. The van der Waals surface area contributed by atoms with Crippen LogP contribution < -0.4 is 19.1 Å². The predicted molar refractivity (Wildman–Crippen MR) is 122 cm³/mol. The summed E-state index contributed by atoms with van der Waals surface area (Å²) in [5.41, 5.74) is 2.05. The lowest BCUT2D eigenvalue weighted by Gasteiger charge is -2.36. The molecule has 31 heavy (non-hydrogen) atoms. The lowest BCUT2D eigenvalue weighted by atomic mass is 10.1. The van der Waals surface area contributed by atoms with Gasteiger partial charge in [0.05, 0.1) is 33.1 Å². The number of methoxy groups -OCH3 is 2. The predicted octanol–water partition coefficient (Wildman–Crippen LogP) is 2.88. The lowest BCUT2D eigenvalue weighted by molar-refractivity contribution is -0.131. The fourth-order valence-electron chi connectivity index (χ4n) is 3.88. The molecule has 0 unspecified atom stereocenters. The summed E-state index contributed by atoms with van der Waals surface area (Å²) >= 11 is 0. The quantitative estimate of drug-likeness (QED) is 0.613. The van der Waals surface area contributed by atoms with E-state index in [1.54, 1.807) is 19.1 Å². The molecule has 7 nitrogen and oxygen atoms in total. The van der Waals surface area contributed by atoms with Crippen molar-refractivity contribution in [2.45, 2.75) is 13.5 Å². The van der Waals surface area contributed by atoms with Crippen LogP contribution in [0.15, 0.2) is 42.5 Å². The SMILES string of the molecule is CCOc1ccccc1N1CCN(CC(=O)N(C)Cc2cccc(OC)c2OC)CC1. The Labute approximate surface area is 185 Å². The number of carbonyl (C=O) groups excluding carboxylic acids is 1. The summed E-state index contributed by atoms with van der Waals surface area (Å²) in [5.74, 6) is 2.35. The number of para-hydroxylation sites is 3. The van der Waals surface area contributed by atoms with E-state index >= 15 is 0 Å². The van der Waals surface area contributed by atoms with E-state index in [2.05, 4.69) is 15.9 Å². The Hall–Kier alpha value is -2.93. The van der Waals surface area contributed by atoms with Crippen LogP contribution in [0.25, 0.3) is 0 Å². The molecule has 0 saturated carbocycles. The highest BCUT2D eigenvalue weighted by molar-refractivity contribution is 5.78. The molecule has 0 aliphatic carbocycles. The van der Waals surface area contributed by atoms with Gasteiger partial charge in [0, 0.05) is 45.3 Å². The highest BCUT2D eigenvalue weighted by atomic mass is 16.5. The van der Waals surface area contributed by atoms with Crippen LogP contribution in [0.4, 0.5) is 5.69 Å². The lowest BCUT2D eigenvalue weighted by Crippen LogP contribution is -2.49. The third-order valence-electron chi connectivity index (χ3n) is 5.55. The first-order valence-electron chi connectivity index (χ1n) is 10.7. The van der Waals surface area contributed by atoms with Gasteiger partial charge in [-0.15, -0.1) is 0 Å². The van der Waals surface area contributed by atoms with Gasteiger partial charge in [-0.3, -0.25) is 9.69 Å². The molecular formula is C24H33N3O4. The van der Waals surface area contributed by atoms with Crippen LogP contribution in [-0.4, -0.2) is 76.3 Å². The normalized spacial score (nSPS) is 14.3. The first-order valence-corrected chi connectivity index (χ1v) is 10.7. The van der Waals surface area contributed by atoms with Crippen molar-refractivity contribution in [1.29, 1.82) is 0 Å². The van der Waals surface area contributed by atoms with E-state index in [0.717, 1.165) is 43.2 Å². The largest absolute Gasteiger partial charge is 0.493 e. The van der Waals surface area contributed by atoms with Crippen LogP contribution in [0.5, 0.6) is 17.2 Å². The first kappa shape index (κ1) is 22.7. The number of nitrogens with zero attached hydrogens (tertiary/aromatic N) is 3. The zero-order chi connectivity index (χ0) is 22.2. The van der Waals surface area contributed by atoms with Gasteiger partial charge < -0.3 is 24.0 Å². The average Bonchev–Trinajstić information content (AvgIpc) is 2.80. The molecule has 2 aromatic carbocycles. The molecule has 7 heteroatoms. The average molecular weight is 428 g/mol. The van der Waals surface area contributed by atoms with Gasteiger partial charge in [0.1, 0.15) is 5.75 Å².